The first-order chi connectivity index (χ1) is 17.7. The van der Waals surface area contributed by atoms with E-state index in [1.54, 1.807) is 12.3 Å². The van der Waals surface area contributed by atoms with Gasteiger partial charge in [0.05, 0.1) is 5.56 Å². The van der Waals surface area contributed by atoms with E-state index in [0.717, 1.165) is 78.9 Å². The van der Waals surface area contributed by atoms with Crippen LogP contribution in [0.2, 0.25) is 0 Å². The van der Waals surface area contributed by atoms with Crippen LogP contribution in [0.15, 0.2) is 29.8 Å². The molecule has 2 fully saturated rings. The van der Waals surface area contributed by atoms with Gasteiger partial charge in [0, 0.05) is 53.3 Å². The Kier molecular flexibility index (Phi) is 6.62. The van der Waals surface area contributed by atoms with E-state index in [9.17, 15) is 18.3 Å². The summed E-state index contributed by atoms with van der Waals surface area (Å²) in [5.41, 5.74) is 2.18. The summed E-state index contributed by atoms with van der Waals surface area (Å²) in [6.07, 6.45) is 1.34. The monoisotopic (exact) mass is 533 g/mol. The molecule has 9 heteroatoms. The van der Waals surface area contributed by atoms with Gasteiger partial charge in [0.1, 0.15) is 11.1 Å². The van der Waals surface area contributed by atoms with Crippen LogP contribution in [-0.4, -0.2) is 52.8 Å². The topological polar surface area (TPSA) is 61.4 Å². The second kappa shape index (κ2) is 9.67. The molecule has 0 saturated carbocycles. The van der Waals surface area contributed by atoms with Gasteiger partial charge in [-0.25, -0.2) is 4.98 Å². The number of alkyl halides is 3. The summed E-state index contributed by atoms with van der Waals surface area (Å²) >= 11 is 1.51. The third-order valence-corrected chi connectivity index (χ3v) is 10.2. The van der Waals surface area contributed by atoms with Gasteiger partial charge in [0.15, 0.2) is 0 Å². The zero-order valence-corrected chi connectivity index (χ0v) is 21.9. The second-order valence-electron chi connectivity index (χ2n) is 11.3. The fourth-order valence-corrected chi connectivity index (χ4v) is 7.94. The molecular formula is C28H34F3N3O2S. The van der Waals surface area contributed by atoms with Gasteiger partial charge in [0.25, 0.3) is 0 Å². The quantitative estimate of drug-likeness (QED) is 0.412. The maximum atomic E-state index is 13.4. The number of aromatic nitrogens is 2. The molecule has 2 saturated heterocycles. The Bertz CT molecular complexity index is 1240. The Labute approximate surface area is 219 Å². The maximum absolute atomic E-state index is 13.4. The highest BCUT2D eigenvalue weighted by Crippen LogP contribution is 2.49. The molecule has 2 N–H and O–H groups in total. The normalized spacial score (nSPS) is 27.1. The molecule has 4 atom stereocenters. The van der Waals surface area contributed by atoms with Gasteiger partial charge in [-0.05, 0) is 86.7 Å². The van der Waals surface area contributed by atoms with Crippen LogP contribution in [0.4, 0.5) is 13.2 Å². The van der Waals surface area contributed by atoms with E-state index in [1.807, 2.05) is 5.38 Å². The Morgan fingerprint density at radius 3 is 2.84 bits per heavy atom. The van der Waals surface area contributed by atoms with Crippen molar-refractivity contribution >= 4 is 22.2 Å². The number of hydrogen-bond donors (Lipinski definition) is 2. The molecule has 2 aromatic heterocycles. The number of H-pyrrole nitrogens is 1. The summed E-state index contributed by atoms with van der Waals surface area (Å²) in [6, 6.07) is 4.09. The van der Waals surface area contributed by atoms with Crippen LogP contribution in [0.5, 0.6) is 0 Å². The number of aromatic amines is 1. The summed E-state index contributed by atoms with van der Waals surface area (Å²) < 4.78 is 46.0. The van der Waals surface area contributed by atoms with Crippen molar-refractivity contribution < 1.29 is 23.0 Å². The molecule has 2 aliphatic heterocycles. The van der Waals surface area contributed by atoms with Crippen LogP contribution in [0.3, 0.4) is 0 Å². The van der Waals surface area contributed by atoms with Crippen LogP contribution in [0.25, 0.3) is 10.9 Å². The molecule has 6 rings (SSSR count). The molecule has 200 valence electrons. The predicted octanol–water partition coefficient (Wildman–Crippen LogP) is 6.16. The lowest BCUT2D eigenvalue weighted by Gasteiger charge is -2.46. The molecular weight excluding hydrogens is 499 g/mol. The number of thiazole rings is 1. The minimum atomic E-state index is -4.34. The third kappa shape index (κ3) is 4.62. The van der Waals surface area contributed by atoms with Crippen molar-refractivity contribution in [1.82, 2.24) is 14.9 Å². The molecule has 4 heterocycles. The number of halogens is 3. The molecule has 1 aliphatic carbocycles. The molecule has 0 bridgehead atoms. The predicted molar refractivity (Wildman–Crippen MR) is 138 cm³/mol. The molecule has 0 spiro atoms. The highest BCUT2D eigenvalue weighted by molar-refractivity contribution is 7.09. The largest absolute Gasteiger partial charge is 0.416 e. The van der Waals surface area contributed by atoms with Crippen molar-refractivity contribution in [3.05, 3.63) is 51.6 Å². The Morgan fingerprint density at radius 2 is 2.11 bits per heavy atom. The molecule has 3 aliphatic rings. The minimum absolute atomic E-state index is 0.187. The number of aliphatic hydroxyl groups excluding tert-OH is 1. The van der Waals surface area contributed by atoms with Crippen molar-refractivity contribution in [2.75, 3.05) is 32.8 Å². The van der Waals surface area contributed by atoms with Gasteiger partial charge >= 0.3 is 6.18 Å². The molecule has 1 aromatic carbocycles. The third-order valence-electron chi connectivity index (χ3n) is 9.38. The van der Waals surface area contributed by atoms with Crippen molar-refractivity contribution in [2.24, 2.45) is 17.3 Å². The summed E-state index contributed by atoms with van der Waals surface area (Å²) in [5.74, 6) is 1.13. The second-order valence-corrected chi connectivity index (χ2v) is 12.2. The smallest absolute Gasteiger partial charge is 0.385 e. The number of benzene rings is 1. The number of rotatable bonds is 5. The first kappa shape index (κ1) is 25.3. The first-order valence-corrected chi connectivity index (χ1v) is 14.2. The molecule has 0 amide bonds. The van der Waals surface area contributed by atoms with E-state index in [1.165, 1.54) is 23.5 Å². The van der Waals surface area contributed by atoms with E-state index in [4.69, 9.17) is 4.74 Å². The fraction of sp³-hybridized carbons (Fsp3) is 0.607. The maximum Gasteiger partial charge on any atom is 0.416 e. The lowest BCUT2D eigenvalue weighted by molar-refractivity contribution is -0.137. The van der Waals surface area contributed by atoms with E-state index in [0.29, 0.717) is 25.0 Å². The van der Waals surface area contributed by atoms with E-state index in [-0.39, 0.29) is 11.3 Å². The van der Waals surface area contributed by atoms with E-state index < -0.39 is 17.8 Å². The number of aliphatic hydroxyl groups is 1. The fourth-order valence-electron chi connectivity index (χ4n) is 7.18. The first-order valence-electron chi connectivity index (χ1n) is 13.3. The summed E-state index contributed by atoms with van der Waals surface area (Å²) in [7, 11) is 0. The van der Waals surface area contributed by atoms with E-state index in [2.05, 4.69) is 21.8 Å². The highest BCUT2D eigenvalue weighted by Gasteiger charge is 2.44. The zero-order chi connectivity index (χ0) is 25.8. The lowest BCUT2D eigenvalue weighted by Crippen LogP contribution is -2.47. The van der Waals surface area contributed by atoms with Crippen molar-refractivity contribution in [3.63, 3.8) is 0 Å². The van der Waals surface area contributed by atoms with Crippen LogP contribution in [0.1, 0.15) is 66.5 Å². The molecule has 37 heavy (non-hydrogen) atoms. The van der Waals surface area contributed by atoms with E-state index >= 15 is 0 Å². The number of nitrogens with zero attached hydrogens (tertiary/aromatic N) is 2. The Hall–Kier alpha value is -1.94. The average molecular weight is 534 g/mol. The van der Waals surface area contributed by atoms with Crippen LogP contribution in [-0.2, 0) is 17.3 Å². The van der Waals surface area contributed by atoms with Crippen LogP contribution < -0.4 is 0 Å². The lowest BCUT2D eigenvalue weighted by atomic mass is 9.68. The van der Waals surface area contributed by atoms with Crippen molar-refractivity contribution in [2.45, 2.75) is 57.2 Å². The SMILES string of the molecule is C[C@H]1c2c([nH]c3ccc(C(F)(F)F)cc23)C[C@H]2CCN(CCC3(C(O)c4nccs4)CCOCC3)C[C@@H]21. The molecule has 1 unspecified atom stereocenters. The summed E-state index contributed by atoms with van der Waals surface area (Å²) in [5, 5.41) is 14.7. The molecule has 0 radical (unpaired) electrons. The Balaban J connectivity index is 1.20. The number of fused-ring (bicyclic) bond motifs is 4. The van der Waals surface area contributed by atoms with Crippen molar-refractivity contribution in [1.29, 1.82) is 0 Å². The van der Waals surface area contributed by atoms with Crippen LogP contribution in [0, 0.1) is 17.3 Å². The highest BCUT2D eigenvalue weighted by atomic mass is 32.1. The number of hydrogen-bond acceptors (Lipinski definition) is 5. The Morgan fingerprint density at radius 1 is 1.30 bits per heavy atom. The summed E-state index contributed by atoms with van der Waals surface area (Å²) in [6.45, 7) is 6.37. The summed E-state index contributed by atoms with van der Waals surface area (Å²) in [4.78, 5) is 10.4. The zero-order valence-electron chi connectivity index (χ0n) is 21.1. The van der Waals surface area contributed by atoms with Gasteiger partial charge in [-0.1, -0.05) is 6.92 Å². The van der Waals surface area contributed by atoms with Crippen molar-refractivity contribution in [3.8, 4) is 0 Å². The average Bonchev–Trinajstić information content (AvgIpc) is 3.55. The number of likely N-dealkylation sites (tertiary alicyclic amines) is 1. The number of ether oxygens (including phenoxy) is 1. The number of piperidine rings is 1. The molecule has 5 nitrogen and oxygen atoms in total. The van der Waals surface area contributed by atoms with Gasteiger partial charge in [0.2, 0.25) is 0 Å². The number of nitrogens with one attached hydrogen (secondary N) is 1. The van der Waals surface area contributed by atoms with Gasteiger partial charge in [-0.3, -0.25) is 0 Å². The molecule has 3 aromatic rings. The van der Waals surface area contributed by atoms with Gasteiger partial charge in [-0.2, -0.15) is 13.2 Å². The van der Waals surface area contributed by atoms with Gasteiger partial charge in [-0.15, -0.1) is 11.3 Å². The standard InChI is InChI=1S/C28H34F3N3O2S/c1-17-21-16-34(10-5-27(6-11-36-12-7-27)25(35)26-32-8-13-37-26)9-4-18(21)14-23-24(17)20-15-19(28(29,30)31)2-3-22(20)33-23/h2-3,8,13,15,17-18,21,25,33,35H,4-7,9-12,14,16H2,1H3/t17-,18-,21-,25?/m1/s1. The minimum Gasteiger partial charge on any atom is -0.385 e. The van der Waals surface area contributed by atoms with Crippen LogP contribution >= 0.6 is 11.3 Å². The van der Waals surface area contributed by atoms with Gasteiger partial charge < -0.3 is 19.7 Å².